The molecule has 0 bridgehead atoms. The Kier molecular flexibility index (Phi) is 6.06. The molecule has 0 N–H and O–H groups in total. The zero-order valence-corrected chi connectivity index (χ0v) is 11.6. The van der Waals surface area contributed by atoms with Crippen molar-refractivity contribution in [2.45, 2.75) is 39.9 Å². The molecule has 19 heavy (non-hydrogen) atoms. The third-order valence-corrected chi connectivity index (χ3v) is 2.61. The molecule has 0 amide bonds. The molecule has 1 aromatic rings. The largest absolute Gasteiger partial charge is 0.458 e. The van der Waals surface area contributed by atoms with Crippen molar-refractivity contribution in [3.05, 3.63) is 35.9 Å². The van der Waals surface area contributed by atoms with E-state index in [0.29, 0.717) is 0 Å². The average molecular weight is 264 g/mol. The van der Waals surface area contributed by atoms with Crippen LogP contribution in [-0.4, -0.2) is 18.0 Å². The van der Waals surface area contributed by atoms with Crippen LogP contribution in [0, 0.1) is 5.92 Å². The fourth-order valence-corrected chi connectivity index (χ4v) is 1.49. The van der Waals surface area contributed by atoms with E-state index >= 15 is 0 Å². The van der Waals surface area contributed by atoms with Gasteiger partial charge in [0.25, 0.3) is 0 Å². The molecule has 0 heterocycles. The second-order valence-corrected chi connectivity index (χ2v) is 4.60. The Morgan fingerprint density at radius 3 is 2.32 bits per heavy atom. The average Bonchev–Trinajstić information content (AvgIpc) is 2.42. The van der Waals surface area contributed by atoms with E-state index < -0.39 is 18.0 Å². The highest BCUT2D eigenvalue weighted by Crippen LogP contribution is 2.11. The molecule has 4 nitrogen and oxygen atoms in total. The van der Waals surface area contributed by atoms with Gasteiger partial charge in [0.2, 0.25) is 6.10 Å². The lowest BCUT2D eigenvalue weighted by Crippen LogP contribution is -2.33. The van der Waals surface area contributed by atoms with Crippen molar-refractivity contribution in [1.29, 1.82) is 0 Å². The fourth-order valence-electron chi connectivity index (χ4n) is 1.49. The molecule has 0 aliphatic rings. The maximum Gasteiger partial charge on any atom is 0.348 e. The van der Waals surface area contributed by atoms with Crippen molar-refractivity contribution in [3.63, 3.8) is 0 Å². The van der Waals surface area contributed by atoms with Crippen molar-refractivity contribution in [1.82, 2.24) is 0 Å². The molecular weight excluding hydrogens is 244 g/mol. The van der Waals surface area contributed by atoms with Crippen LogP contribution < -0.4 is 0 Å². The first-order valence-electron chi connectivity index (χ1n) is 6.44. The van der Waals surface area contributed by atoms with Gasteiger partial charge in [-0.2, -0.15) is 0 Å². The molecule has 0 saturated heterocycles. The molecule has 0 radical (unpaired) electrons. The summed E-state index contributed by atoms with van der Waals surface area (Å²) in [5.41, 5.74) is 0.903. The number of rotatable bonds is 6. The topological polar surface area (TPSA) is 52.6 Å². The number of hydrogen-bond acceptors (Lipinski definition) is 4. The SMILES string of the molecule is CCC(=O)O[C@@H](C(=O)OCc1ccccc1)C(C)C. The second kappa shape index (κ2) is 7.56. The summed E-state index contributed by atoms with van der Waals surface area (Å²) in [7, 11) is 0. The highest BCUT2D eigenvalue weighted by Gasteiger charge is 2.27. The summed E-state index contributed by atoms with van der Waals surface area (Å²) < 4.78 is 10.3. The summed E-state index contributed by atoms with van der Waals surface area (Å²) in [5.74, 6) is -1.00. The number of carbonyl (C=O) groups excluding carboxylic acids is 2. The van der Waals surface area contributed by atoms with Crippen molar-refractivity contribution in [2.24, 2.45) is 5.92 Å². The first kappa shape index (κ1) is 15.2. The lowest BCUT2D eigenvalue weighted by Gasteiger charge is -2.19. The molecule has 0 saturated carbocycles. The van der Waals surface area contributed by atoms with Gasteiger partial charge in [-0.05, 0) is 5.56 Å². The Bertz CT molecular complexity index is 411. The predicted molar refractivity (Wildman–Crippen MR) is 71.2 cm³/mol. The highest BCUT2D eigenvalue weighted by molar-refractivity contribution is 5.79. The predicted octanol–water partition coefficient (Wildman–Crippen LogP) is 2.71. The quantitative estimate of drug-likeness (QED) is 0.741. The van der Waals surface area contributed by atoms with Gasteiger partial charge in [0.15, 0.2) is 0 Å². The van der Waals surface area contributed by atoms with Crippen LogP contribution in [0.25, 0.3) is 0 Å². The minimum atomic E-state index is -0.837. The standard InChI is InChI=1S/C15H20O4/c1-4-13(16)19-14(11(2)3)15(17)18-10-12-8-6-5-7-9-12/h5-9,11,14H,4,10H2,1-3H3/t14-/m1/s1. The van der Waals surface area contributed by atoms with Crippen molar-refractivity contribution in [3.8, 4) is 0 Å². The molecule has 104 valence electrons. The van der Waals surface area contributed by atoms with E-state index in [1.165, 1.54) is 0 Å². The smallest absolute Gasteiger partial charge is 0.348 e. The minimum Gasteiger partial charge on any atom is -0.458 e. The first-order chi connectivity index (χ1) is 9.04. The summed E-state index contributed by atoms with van der Waals surface area (Å²) in [6.07, 6.45) is -0.592. The van der Waals surface area contributed by atoms with Crippen molar-refractivity contribution in [2.75, 3.05) is 0 Å². The molecule has 1 aromatic carbocycles. The maximum absolute atomic E-state index is 11.9. The van der Waals surface area contributed by atoms with Gasteiger partial charge in [0, 0.05) is 12.3 Å². The molecule has 1 rings (SSSR count). The molecule has 0 aliphatic heterocycles. The minimum absolute atomic E-state index is 0.112. The molecule has 0 unspecified atom stereocenters. The van der Waals surface area contributed by atoms with E-state index in [2.05, 4.69) is 0 Å². The summed E-state index contributed by atoms with van der Waals surface area (Å²) in [4.78, 5) is 23.2. The Labute approximate surface area is 113 Å². The Balaban J connectivity index is 2.55. The molecule has 0 aromatic heterocycles. The number of carbonyl (C=O) groups is 2. The third-order valence-electron chi connectivity index (χ3n) is 2.61. The van der Waals surface area contributed by atoms with Gasteiger partial charge >= 0.3 is 11.9 Å². The van der Waals surface area contributed by atoms with Gasteiger partial charge in [-0.15, -0.1) is 0 Å². The molecule has 0 spiro atoms. The van der Waals surface area contributed by atoms with Crippen LogP contribution in [0.1, 0.15) is 32.8 Å². The van der Waals surface area contributed by atoms with Crippen LogP contribution >= 0.6 is 0 Å². The zero-order valence-electron chi connectivity index (χ0n) is 11.6. The van der Waals surface area contributed by atoms with E-state index in [0.717, 1.165) is 5.56 Å². The molecule has 1 atom stereocenters. The first-order valence-corrected chi connectivity index (χ1v) is 6.44. The summed E-state index contributed by atoms with van der Waals surface area (Å²) in [5, 5.41) is 0. The van der Waals surface area contributed by atoms with Crippen LogP contribution in [0.15, 0.2) is 30.3 Å². The van der Waals surface area contributed by atoms with E-state index in [4.69, 9.17) is 9.47 Å². The summed E-state index contributed by atoms with van der Waals surface area (Å²) >= 11 is 0. The van der Waals surface area contributed by atoms with Gasteiger partial charge in [-0.3, -0.25) is 4.79 Å². The van der Waals surface area contributed by atoms with Gasteiger partial charge in [0.05, 0.1) is 0 Å². The second-order valence-electron chi connectivity index (χ2n) is 4.60. The Morgan fingerprint density at radius 1 is 1.16 bits per heavy atom. The van der Waals surface area contributed by atoms with E-state index in [9.17, 15) is 9.59 Å². The molecular formula is C15H20O4. The Morgan fingerprint density at radius 2 is 1.79 bits per heavy atom. The number of esters is 2. The van der Waals surface area contributed by atoms with Crippen LogP contribution in [0.3, 0.4) is 0 Å². The van der Waals surface area contributed by atoms with E-state index in [-0.39, 0.29) is 18.9 Å². The van der Waals surface area contributed by atoms with Crippen molar-refractivity contribution >= 4 is 11.9 Å². The highest BCUT2D eigenvalue weighted by atomic mass is 16.6. The third kappa shape index (κ3) is 5.12. The van der Waals surface area contributed by atoms with Gasteiger partial charge < -0.3 is 9.47 Å². The maximum atomic E-state index is 11.9. The van der Waals surface area contributed by atoms with Gasteiger partial charge in [0.1, 0.15) is 6.61 Å². The summed E-state index contributed by atoms with van der Waals surface area (Å²) in [6, 6.07) is 9.39. The lowest BCUT2D eigenvalue weighted by molar-refractivity contribution is -0.171. The zero-order chi connectivity index (χ0) is 14.3. The number of ether oxygens (including phenoxy) is 2. The normalized spacial score (nSPS) is 12.0. The fraction of sp³-hybridized carbons (Fsp3) is 0.467. The van der Waals surface area contributed by atoms with Crippen LogP contribution in [0.5, 0.6) is 0 Å². The summed E-state index contributed by atoms with van der Waals surface area (Å²) in [6.45, 7) is 5.51. The Hall–Kier alpha value is -1.84. The number of hydrogen-bond donors (Lipinski definition) is 0. The number of benzene rings is 1. The van der Waals surface area contributed by atoms with Gasteiger partial charge in [-0.25, -0.2) is 4.79 Å². The van der Waals surface area contributed by atoms with Crippen molar-refractivity contribution < 1.29 is 19.1 Å². The molecule has 4 heteroatoms. The van der Waals surface area contributed by atoms with Crippen LogP contribution in [0.2, 0.25) is 0 Å². The monoisotopic (exact) mass is 264 g/mol. The molecule has 0 fully saturated rings. The van der Waals surface area contributed by atoms with Crippen LogP contribution in [0.4, 0.5) is 0 Å². The van der Waals surface area contributed by atoms with E-state index in [1.54, 1.807) is 6.92 Å². The van der Waals surface area contributed by atoms with Crippen LogP contribution in [-0.2, 0) is 25.7 Å². The van der Waals surface area contributed by atoms with Gasteiger partial charge in [-0.1, -0.05) is 51.1 Å². The molecule has 0 aliphatic carbocycles. The van der Waals surface area contributed by atoms with E-state index in [1.807, 2.05) is 44.2 Å². The lowest BCUT2D eigenvalue weighted by atomic mass is 10.1.